The standard InChI is InChI=1S/C17H20O2/c1-12-8-13(2)17(14(3)9-12)19-11-16-6-4-15(10-18)5-7-16/h4-9,18H,10-11H2,1-3H3. The molecule has 0 aliphatic heterocycles. The van der Waals surface area contributed by atoms with Crippen LogP contribution in [0.15, 0.2) is 36.4 Å². The van der Waals surface area contributed by atoms with E-state index in [1.165, 1.54) is 16.7 Å². The normalized spacial score (nSPS) is 10.5. The van der Waals surface area contributed by atoms with Crippen molar-refractivity contribution in [2.24, 2.45) is 0 Å². The van der Waals surface area contributed by atoms with Gasteiger partial charge in [0.25, 0.3) is 0 Å². The molecule has 2 aromatic rings. The molecule has 0 aliphatic carbocycles. The summed E-state index contributed by atoms with van der Waals surface area (Å²) >= 11 is 0. The van der Waals surface area contributed by atoms with E-state index in [2.05, 4.69) is 32.9 Å². The Labute approximate surface area is 114 Å². The fourth-order valence-corrected chi connectivity index (χ4v) is 2.29. The number of aliphatic hydroxyl groups is 1. The molecule has 2 aromatic carbocycles. The summed E-state index contributed by atoms with van der Waals surface area (Å²) in [5, 5.41) is 9.00. The van der Waals surface area contributed by atoms with Gasteiger partial charge in [0.2, 0.25) is 0 Å². The van der Waals surface area contributed by atoms with Crippen LogP contribution in [0.3, 0.4) is 0 Å². The van der Waals surface area contributed by atoms with Crippen molar-refractivity contribution in [3.05, 3.63) is 64.2 Å². The molecule has 0 bridgehead atoms. The van der Waals surface area contributed by atoms with Crippen LogP contribution in [0.1, 0.15) is 27.8 Å². The van der Waals surface area contributed by atoms with Crippen LogP contribution in [0.25, 0.3) is 0 Å². The van der Waals surface area contributed by atoms with E-state index in [0.717, 1.165) is 16.9 Å². The molecular formula is C17H20O2. The van der Waals surface area contributed by atoms with Crippen molar-refractivity contribution in [3.8, 4) is 5.75 Å². The van der Waals surface area contributed by atoms with Gasteiger partial charge in [0.05, 0.1) is 6.61 Å². The highest BCUT2D eigenvalue weighted by molar-refractivity contribution is 5.43. The average Bonchev–Trinajstić information content (AvgIpc) is 2.38. The predicted molar refractivity (Wildman–Crippen MR) is 77.3 cm³/mol. The summed E-state index contributed by atoms with van der Waals surface area (Å²) in [7, 11) is 0. The highest BCUT2D eigenvalue weighted by atomic mass is 16.5. The van der Waals surface area contributed by atoms with Gasteiger partial charge in [-0.1, -0.05) is 42.0 Å². The lowest BCUT2D eigenvalue weighted by atomic mass is 10.1. The Morgan fingerprint density at radius 3 is 1.95 bits per heavy atom. The van der Waals surface area contributed by atoms with Crippen molar-refractivity contribution in [3.63, 3.8) is 0 Å². The lowest BCUT2D eigenvalue weighted by Crippen LogP contribution is -1.99. The van der Waals surface area contributed by atoms with E-state index in [0.29, 0.717) is 6.61 Å². The van der Waals surface area contributed by atoms with Gasteiger partial charge >= 0.3 is 0 Å². The van der Waals surface area contributed by atoms with Crippen LogP contribution in [-0.2, 0) is 13.2 Å². The first kappa shape index (κ1) is 13.6. The summed E-state index contributed by atoms with van der Waals surface area (Å²) in [5.41, 5.74) is 5.63. The van der Waals surface area contributed by atoms with Gasteiger partial charge in [-0.05, 0) is 43.0 Å². The predicted octanol–water partition coefficient (Wildman–Crippen LogP) is 3.68. The van der Waals surface area contributed by atoms with Crippen molar-refractivity contribution < 1.29 is 9.84 Å². The second kappa shape index (κ2) is 5.89. The Hall–Kier alpha value is -1.80. The first-order chi connectivity index (χ1) is 9.10. The van der Waals surface area contributed by atoms with Gasteiger partial charge in [-0.15, -0.1) is 0 Å². The SMILES string of the molecule is Cc1cc(C)c(OCc2ccc(CO)cc2)c(C)c1. The minimum Gasteiger partial charge on any atom is -0.488 e. The minimum absolute atomic E-state index is 0.0807. The van der Waals surface area contributed by atoms with Crippen LogP contribution in [0, 0.1) is 20.8 Å². The molecule has 0 saturated carbocycles. The van der Waals surface area contributed by atoms with Crippen LogP contribution in [0.5, 0.6) is 5.75 Å². The molecule has 0 fully saturated rings. The summed E-state index contributed by atoms with van der Waals surface area (Å²) in [5.74, 6) is 0.969. The van der Waals surface area contributed by atoms with Gasteiger partial charge in [-0.25, -0.2) is 0 Å². The molecule has 100 valence electrons. The van der Waals surface area contributed by atoms with Crippen molar-refractivity contribution in [1.29, 1.82) is 0 Å². The van der Waals surface area contributed by atoms with Crippen LogP contribution < -0.4 is 4.74 Å². The fraction of sp³-hybridized carbons (Fsp3) is 0.294. The molecule has 0 saturated heterocycles. The number of aliphatic hydroxyl groups excluding tert-OH is 1. The smallest absolute Gasteiger partial charge is 0.125 e. The summed E-state index contributed by atoms with van der Waals surface area (Å²) < 4.78 is 5.92. The summed E-state index contributed by atoms with van der Waals surface area (Å²) in [4.78, 5) is 0. The second-order valence-electron chi connectivity index (χ2n) is 4.99. The van der Waals surface area contributed by atoms with E-state index in [9.17, 15) is 0 Å². The Morgan fingerprint density at radius 2 is 1.42 bits per heavy atom. The topological polar surface area (TPSA) is 29.5 Å². The monoisotopic (exact) mass is 256 g/mol. The molecule has 19 heavy (non-hydrogen) atoms. The van der Waals surface area contributed by atoms with Gasteiger partial charge < -0.3 is 9.84 Å². The molecule has 2 heteroatoms. The summed E-state index contributed by atoms with van der Waals surface area (Å²) in [6.45, 7) is 6.87. The highest BCUT2D eigenvalue weighted by Crippen LogP contribution is 2.25. The van der Waals surface area contributed by atoms with E-state index in [1.807, 2.05) is 24.3 Å². The lowest BCUT2D eigenvalue weighted by molar-refractivity contribution is 0.281. The van der Waals surface area contributed by atoms with Crippen molar-refractivity contribution >= 4 is 0 Å². The second-order valence-corrected chi connectivity index (χ2v) is 4.99. The molecule has 0 aromatic heterocycles. The highest BCUT2D eigenvalue weighted by Gasteiger charge is 2.05. The third-order valence-electron chi connectivity index (χ3n) is 3.19. The Morgan fingerprint density at radius 1 is 0.895 bits per heavy atom. The lowest BCUT2D eigenvalue weighted by Gasteiger charge is -2.13. The quantitative estimate of drug-likeness (QED) is 0.904. The molecule has 0 unspecified atom stereocenters. The molecule has 0 aliphatic rings. The van der Waals surface area contributed by atoms with E-state index in [1.54, 1.807) is 0 Å². The van der Waals surface area contributed by atoms with Gasteiger partial charge in [-0.2, -0.15) is 0 Å². The maximum Gasteiger partial charge on any atom is 0.125 e. The van der Waals surface area contributed by atoms with Gasteiger partial charge in [-0.3, -0.25) is 0 Å². The summed E-state index contributed by atoms with van der Waals surface area (Å²) in [6.07, 6.45) is 0. The van der Waals surface area contributed by atoms with E-state index in [-0.39, 0.29) is 6.61 Å². The zero-order valence-electron chi connectivity index (χ0n) is 11.7. The van der Waals surface area contributed by atoms with E-state index < -0.39 is 0 Å². The maximum atomic E-state index is 9.00. The van der Waals surface area contributed by atoms with Crippen molar-refractivity contribution in [2.75, 3.05) is 0 Å². The van der Waals surface area contributed by atoms with Crippen LogP contribution >= 0.6 is 0 Å². The third kappa shape index (κ3) is 3.36. The first-order valence-corrected chi connectivity index (χ1v) is 6.49. The first-order valence-electron chi connectivity index (χ1n) is 6.49. The molecule has 0 atom stereocenters. The van der Waals surface area contributed by atoms with Crippen LogP contribution in [0.4, 0.5) is 0 Å². The molecule has 0 amide bonds. The van der Waals surface area contributed by atoms with Crippen molar-refractivity contribution in [1.82, 2.24) is 0 Å². The number of aryl methyl sites for hydroxylation is 3. The largest absolute Gasteiger partial charge is 0.488 e. The Bertz CT molecular complexity index is 533. The summed E-state index contributed by atoms with van der Waals surface area (Å²) in [6, 6.07) is 12.1. The Balaban J connectivity index is 2.10. The number of hydrogen-bond donors (Lipinski definition) is 1. The third-order valence-corrected chi connectivity index (χ3v) is 3.19. The number of hydrogen-bond acceptors (Lipinski definition) is 2. The fourth-order valence-electron chi connectivity index (χ4n) is 2.29. The van der Waals surface area contributed by atoms with Crippen LogP contribution in [-0.4, -0.2) is 5.11 Å². The zero-order valence-corrected chi connectivity index (χ0v) is 11.7. The van der Waals surface area contributed by atoms with Crippen LogP contribution in [0.2, 0.25) is 0 Å². The molecular weight excluding hydrogens is 236 g/mol. The van der Waals surface area contributed by atoms with Gasteiger partial charge in [0.1, 0.15) is 12.4 Å². The molecule has 1 N–H and O–H groups in total. The molecule has 2 nitrogen and oxygen atoms in total. The molecule has 0 heterocycles. The molecule has 0 spiro atoms. The van der Waals surface area contributed by atoms with E-state index in [4.69, 9.17) is 9.84 Å². The zero-order chi connectivity index (χ0) is 13.8. The Kier molecular flexibility index (Phi) is 4.23. The van der Waals surface area contributed by atoms with E-state index >= 15 is 0 Å². The minimum atomic E-state index is 0.0807. The number of benzene rings is 2. The number of ether oxygens (including phenoxy) is 1. The molecule has 0 radical (unpaired) electrons. The van der Waals surface area contributed by atoms with Gasteiger partial charge in [0, 0.05) is 0 Å². The van der Waals surface area contributed by atoms with Crippen molar-refractivity contribution in [2.45, 2.75) is 34.0 Å². The maximum absolute atomic E-state index is 9.00. The number of rotatable bonds is 4. The average molecular weight is 256 g/mol. The molecule has 2 rings (SSSR count). The van der Waals surface area contributed by atoms with Gasteiger partial charge in [0.15, 0.2) is 0 Å².